The smallest absolute Gasteiger partial charge is 0.257 e. The van der Waals surface area contributed by atoms with Gasteiger partial charge in [0.15, 0.2) is 11.5 Å². The number of carbonyl (C=O) groups is 1. The van der Waals surface area contributed by atoms with Gasteiger partial charge in [0.25, 0.3) is 5.91 Å². The third kappa shape index (κ3) is 4.87. The summed E-state index contributed by atoms with van der Waals surface area (Å²) in [5.74, 6) is 2.07. The van der Waals surface area contributed by atoms with Crippen molar-refractivity contribution in [3.8, 4) is 11.5 Å². The van der Waals surface area contributed by atoms with E-state index in [1.54, 1.807) is 20.4 Å². The molecule has 2 aromatic rings. The third-order valence-electron chi connectivity index (χ3n) is 6.67. The van der Waals surface area contributed by atoms with Crippen LogP contribution in [0.3, 0.4) is 0 Å². The molecule has 0 bridgehead atoms. The van der Waals surface area contributed by atoms with Crippen molar-refractivity contribution < 1.29 is 14.3 Å². The largest absolute Gasteiger partial charge is 0.493 e. The molecule has 2 fully saturated rings. The van der Waals surface area contributed by atoms with Gasteiger partial charge in [-0.05, 0) is 44.8 Å². The van der Waals surface area contributed by atoms with Crippen LogP contribution in [0.4, 0.5) is 0 Å². The number of likely N-dealkylation sites (tertiary alicyclic amines) is 2. The molecule has 3 heterocycles. The van der Waals surface area contributed by atoms with Gasteiger partial charge in [0.1, 0.15) is 0 Å². The Morgan fingerprint density at radius 3 is 2.48 bits per heavy atom. The number of aromatic nitrogens is 2. The highest BCUT2D eigenvalue weighted by Gasteiger charge is 2.28. The molecule has 0 atom stereocenters. The highest BCUT2D eigenvalue weighted by molar-refractivity contribution is 5.95. The Labute approximate surface area is 184 Å². The minimum absolute atomic E-state index is 0.147. The fraction of sp³-hybridized carbons (Fsp3) is 0.583. The second-order valence-corrected chi connectivity index (χ2v) is 8.61. The van der Waals surface area contributed by atoms with Gasteiger partial charge in [0.05, 0.1) is 31.7 Å². The lowest BCUT2D eigenvalue weighted by Crippen LogP contribution is -2.35. The molecule has 1 amide bonds. The molecule has 0 radical (unpaired) electrons. The van der Waals surface area contributed by atoms with E-state index >= 15 is 0 Å². The lowest BCUT2D eigenvalue weighted by atomic mass is 9.90. The molecular formula is C24H34N4O3. The average molecular weight is 427 g/mol. The highest BCUT2D eigenvalue weighted by Crippen LogP contribution is 2.34. The number of hydrogen-bond acceptors (Lipinski definition) is 5. The maximum Gasteiger partial charge on any atom is 0.257 e. The van der Waals surface area contributed by atoms with E-state index in [9.17, 15) is 4.79 Å². The Balaban J connectivity index is 1.39. The quantitative estimate of drug-likeness (QED) is 0.760. The van der Waals surface area contributed by atoms with Crippen molar-refractivity contribution >= 4 is 5.91 Å². The van der Waals surface area contributed by atoms with E-state index < -0.39 is 0 Å². The van der Waals surface area contributed by atoms with Crippen molar-refractivity contribution in [1.29, 1.82) is 0 Å². The molecule has 31 heavy (non-hydrogen) atoms. The number of nitrogens with one attached hydrogen (secondary N) is 1. The van der Waals surface area contributed by atoms with Gasteiger partial charge in [0.2, 0.25) is 0 Å². The number of piperidine rings is 1. The summed E-state index contributed by atoms with van der Waals surface area (Å²) >= 11 is 0. The van der Waals surface area contributed by atoms with Crippen LogP contribution in [0.1, 0.15) is 66.1 Å². The molecule has 1 aromatic heterocycles. The molecule has 0 unspecified atom stereocenters. The fourth-order valence-corrected chi connectivity index (χ4v) is 4.92. The molecule has 0 spiro atoms. The van der Waals surface area contributed by atoms with Crippen LogP contribution in [-0.2, 0) is 6.54 Å². The molecule has 2 saturated heterocycles. The second-order valence-electron chi connectivity index (χ2n) is 8.61. The van der Waals surface area contributed by atoms with Crippen molar-refractivity contribution in [3.05, 3.63) is 41.2 Å². The first kappa shape index (κ1) is 21.7. The number of methoxy groups -OCH3 is 2. The summed E-state index contributed by atoms with van der Waals surface area (Å²) in [4.78, 5) is 17.6. The number of hydrogen-bond donors (Lipinski definition) is 1. The number of ether oxygens (including phenoxy) is 2. The van der Waals surface area contributed by atoms with Crippen LogP contribution in [0, 0.1) is 0 Å². The first-order chi connectivity index (χ1) is 15.2. The first-order valence-electron chi connectivity index (χ1n) is 11.5. The number of aromatic amines is 1. The lowest BCUT2D eigenvalue weighted by molar-refractivity contribution is 0.0759. The highest BCUT2D eigenvalue weighted by atomic mass is 16.5. The molecular weight excluding hydrogens is 392 g/mol. The summed E-state index contributed by atoms with van der Waals surface area (Å²) in [5, 5.41) is 7.41. The van der Waals surface area contributed by atoms with Crippen LogP contribution in [0.5, 0.6) is 11.5 Å². The topological polar surface area (TPSA) is 70.7 Å². The van der Waals surface area contributed by atoms with Crippen LogP contribution in [0.25, 0.3) is 0 Å². The van der Waals surface area contributed by atoms with E-state index in [0.717, 1.165) is 86.7 Å². The summed E-state index contributed by atoms with van der Waals surface area (Å²) in [6.45, 7) is 4.51. The Morgan fingerprint density at radius 2 is 1.81 bits per heavy atom. The number of rotatable bonds is 6. The van der Waals surface area contributed by atoms with Crippen LogP contribution >= 0.6 is 0 Å². The van der Waals surface area contributed by atoms with Gasteiger partial charge in [-0.15, -0.1) is 0 Å². The SMILES string of the molecule is COc1cccc(CN2CCC(c3[nH]ncc3C(=O)N3CCCCCC3)CC2)c1OC. The molecule has 7 heteroatoms. The maximum atomic E-state index is 13.1. The van der Waals surface area contributed by atoms with Gasteiger partial charge in [-0.2, -0.15) is 5.10 Å². The number of H-pyrrole nitrogens is 1. The summed E-state index contributed by atoms with van der Waals surface area (Å²) < 4.78 is 11.0. The van der Waals surface area contributed by atoms with E-state index in [2.05, 4.69) is 21.2 Å². The van der Waals surface area contributed by atoms with Crippen molar-refractivity contribution in [2.24, 2.45) is 0 Å². The Kier molecular flexibility index (Phi) is 7.12. The Hall–Kier alpha value is -2.54. The minimum atomic E-state index is 0.147. The summed E-state index contributed by atoms with van der Waals surface area (Å²) in [5.41, 5.74) is 2.93. The van der Waals surface area contributed by atoms with Crippen LogP contribution in [-0.4, -0.2) is 66.3 Å². The predicted octanol–water partition coefficient (Wildman–Crippen LogP) is 3.82. The predicted molar refractivity (Wildman–Crippen MR) is 120 cm³/mol. The number of carbonyl (C=O) groups excluding carboxylic acids is 1. The standard InChI is InChI=1S/C24H34N4O3/c1-30-21-9-7-8-19(23(21)31-2)17-27-14-10-18(11-15-27)22-20(16-25-26-22)24(29)28-12-5-3-4-6-13-28/h7-9,16,18H,3-6,10-15,17H2,1-2H3,(H,25,26). The molecule has 0 aliphatic carbocycles. The molecule has 2 aliphatic heterocycles. The zero-order valence-corrected chi connectivity index (χ0v) is 18.7. The van der Waals surface area contributed by atoms with Crippen LogP contribution in [0.2, 0.25) is 0 Å². The maximum absolute atomic E-state index is 13.1. The second kappa shape index (κ2) is 10.2. The molecule has 4 rings (SSSR count). The Morgan fingerprint density at radius 1 is 1.06 bits per heavy atom. The van der Waals surface area contributed by atoms with Gasteiger partial charge in [-0.3, -0.25) is 14.8 Å². The van der Waals surface area contributed by atoms with E-state index in [4.69, 9.17) is 9.47 Å². The van der Waals surface area contributed by atoms with E-state index in [1.807, 2.05) is 17.0 Å². The average Bonchev–Trinajstić information content (AvgIpc) is 3.13. The van der Waals surface area contributed by atoms with E-state index in [0.29, 0.717) is 5.92 Å². The van der Waals surface area contributed by atoms with Crippen molar-refractivity contribution in [2.45, 2.75) is 51.0 Å². The van der Waals surface area contributed by atoms with Crippen molar-refractivity contribution in [3.63, 3.8) is 0 Å². The van der Waals surface area contributed by atoms with E-state index in [1.165, 1.54) is 12.8 Å². The number of amides is 1. The molecule has 7 nitrogen and oxygen atoms in total. The normalized spacial score (nSPS) is 18.6. The summed E-state index contributed by atoms with van der Waals surface area (Å²) in [7, 11) is 3.36. The first-order valence-corrected chi connectivity index (χ1v) is 11.5. The third-order valence-corrected chi connectivity index (χ3v) is 6.67. The number of para-hydroxylation sites is 1. The molecule has 168 valence electrons. The van der Waals surface area contributed by atoms with Gasteiger partial charge in [0, 0.05) is 31.1 Å². The zero-order chi connectivity index (χ0) is 21.6. The van der Waals surface area contributed by atoms with Crippen LogP contribution < -0.4 is 9.47 Å². The summed E-state index contributed by atoms with van der Waals surface area (Å²) in [6, 6.07) is 6.03. The van der Waals surface area contributed by atoms with Gasteiger partial charge in [-0.1, -0.05) is 25.0 Å². The minimum Gasteiger partial charge on any atom is -0.493 e. The van der Waals surface area contributed by atoms with Crippen molar-refractivity contribution in [1.82, 2.24) is 20.0 Å². The zero-order valence-electron chi connectivity index (χ0n) is 18.7. The number of benzene rings is 1. The van der Waals surface area contributed by atoms with Crippen LogP contribution in [0.15, 0.2) is 24.4 Å². The molecule has 1 aromatic carbocycles. The molecule has 2 aliphatic rings. The summed E-state index contributed by atoms with van der Waals surface area (Å²) in [6.07, 6.45) is 8.40. The Bertz CT molecular complexity index is 865. The molecule has 1 N–H and O–H groups in total. The van der Waals surface area contributed by atoms with Gasteiger partial charge < -0.3 is 14.4 Å². The van der Waals surface area contributed by atoms with Gasteiger partial charge in [-0.25, -0.2) is 0 Å². The van der Waals surface area contributed by atoms with Crippen molar-refractivity contribution in [2.75, 3.05) is 40.4 Å². The number of nitrogens with zero attached hydrogens (tertiary/aromatic N) is 3. The fourth-order valence-electron chi connectivity index (χ4n) is 4.92. The lowest BCUT2D eigenvalue weighted by Gasteiger charge is -2.32. The van der Waals surface area contributed by atoms with Gasteiger partial charge >= 0.3 is 0 Å². The monoisotopic (exact) mass is 426 g/mol. The molecule has 0 saturated carbocycles. The van der Waals surface area contributed by atoms with E-state index in [-0.39, 0.29) is 5.91 Å².